The Labute approximate surface area is 118 Å². The first kappa shape index (κ1) is 12.9. The normalized spacial score (nSPS) is 29.2. The monoisotopic (exact) mass is 278 g/mol. The van der Waals surface area contributed by atoms with Gasteiger partial charge in [-0.25, -0.2) is 0 Å². The highest BCUT2D eigenvalue weighted by atomic mass is 35.5. The van der Waals surface area contributed by atoms with Crippen molar-refractivity contribution in [3.05, 3.63) is 35.4 Å². The summed E-state index contributed by atoms with van der Waals surface area (Å²) in [7, 11) is 0. The van der Waals surface area contributed by atoms with Crippen LogP contribution >= 0.6 is 11.6 Å². The molecule has 0 aliphatic carbocycles. The number of benzene rings is 1. The quantitative estimate of drug-likeness (QED) is 0.860. The van der Waals surface area contributed by atoms with Crippen LogP contribution in [-0.2, 0) is 5.88 Å². The molecule has 3 heterocycles. The summed E-state index contributed by atoms with van der Waals surface area (Å²) in [6, 6.07) is 7.86. The number of carbonyl (C=O) groups excluding carboxylic acids is 1. The van der Waals surface area contributed by atoms with Gasteiger partial charge in [-0.15, -0.1) is 11.6 Å². The van der Waals surface area contributed by atoms with Crippen LogP contribution < -0.4 is 5.32 Å². The third-order valence-electron chi connectivity index (χ3n) is 4.34. The molecule has 102 valence electrons. The summed E-state index contributed by atoms with van der Waals surface area (Å²) in [5.41, 5.74) is 1.77. The Bertz CT molecular complexity index is 452. The summed E-state index contributed by atoms with van der Waals surface area (Å²) in [4.78, 5) is 14.7. The molecule has 19 heavy (non-hydrogen) atoms. The number of nitrogens with one attached hydrogen (secondary N) is 1. The number of nitrogens with zero attached hydrogens (tertiary/aromatic N) is 1. The van der Waals surface area contributed by atoms with E-state index in [0.29, 0.717) is 17.8 Å². The van der Waals surface area contributed by atoms with Crippen LogP contribution in [0.3, 0.4) is 0 Å². The molecule has 1 amide bonds. The van der Waals surface area contributed by atoms with Gasteiger partial charge < -0.3 is 10.2 Å². The predicted octanol–water partition coefficient (Wildman–Crippen LogP) is 2.25. The van der Waals surface area contributed by atoms with Gasteiger partial charge in [-0.1, -0.05) is 12.1 Å². The summed E-state index contributed by atoms with van der Waals surface area (Å²) in [6.45, 7) is 3.40. The number of alkyl halides is 1. The highest BCUT2D eigenvalue weighted by molar-refractivity contribution is 6.17. The molecule has 3 fully saturated rings. The molecule has 3 nitrogen and oxygen atoms in total. The molecule has 3 saturated heterocycles. The van der Waals surface area contributed by atoms with Crippen LogP contribution in [0.5, 0.6) is 0 Å². The molecule has 1 N–H and O–H groups in total. The summed E-state index contributed by atoms with van der Waals surface area (Å²) in [6.07, 6.45) is 2.44. The summed E-state index contributed by atoms with van der Waals surface area (Å²) >= 11 is 5.75. The maximum atomic E-state index is 12.2. The molecule has 0 radical (unpaired) electrons. The van der Waals surface area contributed by atoms with Crippen LogP contribution in [0.1, 0.15) is 28.8 Å². The highest BCUT2D eigenvalue weighted by Crippen LogP contribution is 2.27. The largest absolute Gasteiger partial charge is 0.348 e. The maximum absolute atomic E-state index is 12.2. The molecule has 4 heteroatoms. The van der Waals surface area contributed by atoms with Crippen molar-refractivity contribution >= 4 is 17.5 Å². The molecular weight excluding hydrogens is 260 g/mol. The van der Waals surface area contributed by atoms with Crippen LogP contribution in [0.25, 0.3) is 0 Å². The third-order valence-corrected chi connectivity index (χ3v) is 4.65. The fourth-order valence-electron chi connectivity index (χ4n) is 3.13. The van der Waals surface area contributed by atoms with E-state index in [2.05, 4.69) is 10.2 Å². The van der Waals surface area contributed by atoms with Crippen LogP contribution in [0.15, 0.2) is 24.3 Å². The molecule has 1 atom stereocenters. The lowest BCUT2D eigenvalue weighted by Crippen LogP contribution is -2.57. The molecule has 3 aliphatic rings. The zero-order chi connectivity index (χ0) is 13.2. The fraction of sp³-hybridized carbons (Fsp3) is 0.533. The summed E-state index contributed by atoms with van der Waals surface area (Å²) in [5.74, 6) is 1.19. The molecule has 1 aromatic carbocycles. The Morgan fingerprint density at radius 3 is 2.47 bits per heavy atom. The number of amides is 1. The third kappa shape index (κ3) is 2.77. The van der Waals surface area contributed by atoms with E-state index in [4.69, 9.17) is 11.6 Å². The van der Waals surface area contributed by atoms with Crippen LogP contribution in [0, 0.1) is 5.92 Å². The van der Waals surface area contributed by atoms with Gasteiger partial charge >= 0.3 is 0 Å². The number of carbonyl (C=O) groups is 1. The van der Waals surface area contributed by atoms with Gasteiger partial charge in [-0.05, 0) is 49.5 Å². The molecule has 0 spiro atoms. The highest BCUT2D eigenvalue weighted by Gasteiger charge is 2.34. The smallest absolute Gasteiger partial charge is 0.251 e. The van der Waals surface area contributed by atoms with Crippen LogP contribution in [0.2, 0.25) is 0 Å². The number of piperidine rings is 3. The second-order valence-corrected chi connectivity index (χ2v) is 5.82. The first-order valence-electron chi connectivity index (χ1n) is 6.94. The fourth-order valence-corrected chi connectivity index (χ4v) is 3.30. The molecular formula is C15H19ClN2O. The van der Waals surface area contributed by atoms with Gasteiger partial charge in [0.25, 0.3) is 5.91 Å². The molecule has 0 saturated carbocycles. The zero-order valence-electron chi connectivity index (χ0n) is 10.9. The van der Waals surface area contributed by atoms with E-state index in [1.165, 1.54) is 25.9 Å². The summed E-state index contributed by atoms with van der Waals surface area (Å²) < 4.78 is 0. The van der Waals surface area contributed by atoms with Crippen molar-refractivity contribution in [3.63, 3.8) is 0 Å². The van der Waals surface area contributed by atoms with E-state index in [1.807, 2.05) is 24.3 Å². The van der Waals surface area contributed by atoms with E-state index < -0.39 is 0 Å². The minimum absolute atomic E-state index is 0.0415. The van der Waals surface area contributed by atoms with Crippen molar-refractivity contribution in [2.45, 2.75) is 24.8 Å². The van der Waals surface area contributed by atoms with E-state index in [1.54, 1.807) is 0 Å². The van der Waals surface area contributed by atoms with E-state index >= 15 is 0 Å². The minimum atomic E-state index is 0.0415. The first-order chi connectivity index (χ1) is 9.26. The Morgan fingerprint density at radius 1 is 1.26 bits per heavy atom. The molecule has 0 aromatic heterocycles. The van der Waals surface area contributed by atoms with Crippen LogP contribution in [-0.4, -0.2) is 36.5 Å². The van der Waals surface area contributed by atoms with E-state index in [-0.39, 0.29) is 5.91 Å². The molecule has 3 aliphatic heterocycles. The second-order valence-electron chi connectivity index (χ2n) is 5.55. The average molecular weight is 279 g/mol. The number of halogens is 1. The maximum Gasteiger partial charge on any atom is 0.251 e. The van der Waals surface area contributed by atoms with Crippen molar-refractivity contribution in [3.8, 4) is 0 Å². The molecule has 1 unspecified atom stereocenters. The van der Waals surface area contributed by atoms with Gasteiger partial charge in [0.05, 0.1) is 0 Å². The Morgan fingerprint density at radius 2 is 1.95 bits per heavy atom. The van der Waals surface area contributed by atoms with Gasteiger partial charge in [-0.2, -0.15) is 0 Å². The lowest BCUT2D eigenvalue weighted by Gasteiger charge is -2.44. The standard InChI is InChI=1S/C15H19ClN2O/c16-9-11-1-3-13(4-2-11)15(19)17-14-10-18-7-5-12(14)6-8-18/h1-4,12,14H,5-10H2,(H,17,19). The molecule has 1 aromatic rings. The average Bonchev–Trinajstić information content (AvgIpc) is 2.48. The topological polar surface area (TPSA) is 32.3 Å². The zero-order valence-corrected chi connectivity index (χ0v) is 11.7. The van der Waals surface area contributed by atoms with Crippen LogP contribution in [0.4, 0.5) is 0 Å². The van der Waals surface area contributed by atoms with Gasteiger partial charge in [0.1, 0.15) is 0 Å². The Hall–Kier alpha value is -1.06. The molecule has 4 rings (SSSR count). The van der Waals surface area contributed by atoms with Crippen molar-refractivity contribution in [2.24, 2.45) is 5.92 Å². The first-order valence-corrected chi connectivity index (χ1v) is 7.48. The van der Waals surface area contributed by atoms with Crippen molar-refractivity contribution in [2.75, 3.05) is 19.6 Å². The predicted molar refractivity (Wildman–Crippen MR) is 76.4 cm³/mol. The van der Waals surface area contributed by atoms with Gasteiger partial charge in [-0.3, -0.25) is 4.79 Å². The number of rotatable bonds is 3. The summed E-state index contributed by atoms with van der Waals surface area (Å²) in [5, 5.41) is 3.19. The van der Waals surface area contributed by atoms with Gasteiger partial charge in [0.15, 0.2) is 0 Å². The number of hydrogen-bond donors (Lipinski definition) is 1. The lowest BCUT2D eigenvalue weighted by atomic mass is 9.84. The van der Waals surface area contributed by atoms with Crippen molar-refractivity contribution in [1.82, 2.24) is 10.2 Å². The SMILES string of the molecule is O=C(NC1CN2CCC1CC2)c1ccc(CCl)cc1. The Kier molecular flexibility index (Phi) is 3.76. The van der Waals surface area contributed by atoms with Crippen molar-refractivity contribution in [1.29, 1.82) is 0 Å². The minimum Gasteiger partial charge on any atom is -0.348 e. The second kappa shape index (κ2) is 5.51. The Balaban J connectivity index is 1.64. The number of hydrogen-bond acceptors (Lipinski definition) is 2. The van der Waals surface area contributed by atoms with E-state index in [9.17, 15) is 4.79 Å². The lowest BCUT2D eigenvalue weighted by molar-refractivity contribution is 0.0620. The molecule has 2 bridgehead atoms. The van der Waals surface area contributed by atoms with E-state index in [0.717, 1.165) is 17.7 Å². The van der Waals surface area contributed by atoms with Gasteiger partial charge in [0, 0.05) is 24.0 Å². The number of fused-ring (bicyclic) bond motifs is 3. The van der Waals surface area contributed by atoms with Gasteiger partial charge in [0.2, 0.25) is 0 Å². The van der Waals surface area contributed by atoms with Crippen molar-refractivity contribution < 1.29 is 4.79 Å².